The zero-order chi connectivity index (χ0) is 39.3. The number of aromatic amines is 1. The summed E-state index contributed by atoms with van der Waals surface area (Å²) in [5.74, 6) is -3.19. The Kier molecular flexibility index (Phi) is 13.6. The molecule has 0 saturated heterocycles. The molecule has 4 atom stereocenters. The van der Waals surface area contributed by atoms with Gasteiger partial charge in [0.15, 0.2) is 5.96 Å². The van der Waals surface area contributed by atoms with Crippen molar-refractivity contribution in [1.82, 2.24) is 26.3 Å². The van der Waals surface area contributed by atoms with Crippen LogP contribution in [0.15, 0.2) is 108 Å². The fraction of sp³-hybridized carbons (Fsp3) is 0.268. The molecule has 0 spiro atoms. The Balaban J connectivity index is 1.37. The Morgan fingerprint density at radius 1 is 0.636 bits per heavy atom. The van der Waals surface area contributed by atoms with Gasteiger partial charge in [0.1, 0.15) is 24.2 Å². The van der Waals surface area contributed by atoms with E-state index in [-0.39, 0.29) is 38.2 Å². The molecule has 5 amide bonds. The summed E-state index contributed by atoms with van der Waals surface area (Å²) in [5, 5.41) is 14.0. The van der Waals surface area contributed by atoms with Crippen LogP contribution < -0.4 is 38.5 Å². The van der Waals surface area contributed by atoms with E-state index in [1.54, 1.807) is 6.20 Å². The van der Waals surface area contributed by atoms with Gasteiger partial charge < -0.3 is 43.5 Å². The highest BCUT2D eigenvalue weighted by Gasteiger charge is 2.31. The number of aliphatic imine (C=N–C) groups is 1. The first-order valence-electron chi connectivity index (χ1n) is 18.1. The molecule has 0 unspecified atom stereocenters. The number of primary amides is 1. The van der Waals surface area contributed by atoms with Gasteiger partial charge in [0.25, 0.3) is 0 Å². The van der Waals surface area contributed by atoms with E-state index >= 15 is 0 Å². The molecule has 0 aliphatic carbocycles. The van der Waals surface area contributed by atoms with Gasteiger partial charge in [-0.1, -0.05) is 91.0 Å². The van der Waals surface area contributed by atoms with Gasteiger partial charge >= 0.3 is 0 Å². The fourth-order valence-corrected chi connectivity index (χ4v) is 6.45. The van der Waals surface area contributed by atoms with Gasteiger partial charge in [0.2, 0.25) is 29.5 Å². The topological polar surface area (TPSA) is 240 Å². The quantitative estimate of drug-likeness (QED) is 0.0376. The number of aromatic nitrogens is 1. The number of carbonyl (C=O) groups is 5. The summed E-state index contributed by atoms with van der Waals surface area (Å²) in [6.45, 7) is 1.49. The molecule has 0 aliphatic rings. The average Bonchev–Trinajstić information content (AvgIpc) is 3.57. The van der Waals surface area contributed by atoms with Crippen molar-refractivity contribution in [3.05, 3.63) is 120 Å². The van der Waals surface area contributed by atoms with Crippen LogP contribution in [-0.4, -0.2) is 71.2 Å². The number of fused-ring (bicyclic) bond motifs is 2. The number of hydrogen-bond donors (Lipinski definition) is 8. The second-order valence-corrected chi connectivity index (χ2v) is 13.4. The number of benzene rings is 4. The van der Waals surface area contributed by atoms with Crippen molar-refractivity contribution in [3.63, 3.8) is 0 Å². The van der Waals surface area contributed by atoms with Crippen LogP contribution in [0, 0.1) is 0 Å². The molecule has 0 saturated carbocycles. The van der Waals surface area contributed by atoms with Crippen LogP contribution in [0.2, 0.25) is 0 Å². The predicted molar refractivity (Wildman–Crippen MR) is 212 cm³/mol. The smallest absolute Gasteiger partial charge is 0.243 e. The lowest BCUT2D eigenvalue weighted by Crippen LogP contribution is -2.59. The molecule has 5 aromatic rings. The molecule has 14 heteroatoms. The summed E-state index contributed by atoms with van der Waals surface area (Å²) in [5.41, 5.74) is 20.0. The lowest BCUT2D eigenvalue weighted by molar-refractivity contribution is -0.134. The van der Waals surface area contributed by atoms with Crippen LogP contribution >= 0.6 is 0 Å². The van der Waals surface area contributed by atoms with Crippen molar-refractivity contribution in [1.29, 1.82) is 0 Å². The summed E-state index contributed by atoms with van der Waals surface area (Å²) >= 11 is 0. The van der Waals surface area contributed by atoms with Crippen molar-refractivity contribution in [2.45, 2.75) is 63.2 Å². The summed E-state index contributed by atoms with van der Waals surface area (Å²) in [7, 11) is 0. The second kappa shape index (κ2) is 18.9. The van der Waals surface area contributed by atoms with E-state index in [0.717, 1.165) is 38.4 Å². The van der Waals surface area contributed by atoms with Crippen molar-refractivity contribution in [3.8, 4) is 0 Å². The van der Waals surface area contributed by atoms with Gasteiger partial charge in [-0.2, -0.15) is 0 Å². The van der Waals surface area contributed by atoms with Crippen molar-refractivity contribution >= 4 is 57.2 Å². The standard InChI is InChI=1S/C41H47N9O5/c1-25(51)47-35(22-27-17-18-28-12-5-6-13-29(28)20-27)39(54)50-36(21-26-10-3-2-4-11-26)40(55)48-33(16-9-19-45-41(43)44)38(53)49-34(37(42)52)23-30-24-46-32-15-8-7-14-31(30)32/h2-8,10-15,17-18,20,24,33-36,46H,9,16,19,21-23H2,1H3,(H2,42,52)(H,47,51)(H,48,55)(H,49,53)(H,50,54)(H4,43,44,45)/t33-,34-,35+,36+/m0/s1. The molecule has 14 nitrogen and oxygen atoms in total. The molecule has 0 bridgehead atoms. The highest BCUT2D eigenvalue weighted by molar-refractivity contribution is 5.96. The molecule has 1 heterocycles. The zero-order valence-corrected chi connectivity index (χ0v) is 30.6. The minimum Gasteiger partial charge on any atom is -0.370 e. The SMILES string of the molecule is CC(=O)N[C@H](Cc1ccc2ccccc2c1)C(=O)N[C@H](Cc1ccccc1)C(=O)N[C@@H](CCCN=C(N)N)C(=O)N[C@@H](Cc1c[nH]c2ccccc12)C(N)=O. The molecule has 5 rings (SSSR count). The van der Waals surface area contributed by atoms with Crippen LogP contribution in [0.3, 0.4) is 0 Å². The number of nitrogens with one attached hydrogen (secondary N) is 5. The molecule has 0 aliphatic heterocycles. The third-order valence-electron chi connectivity index (χ3n) is 9.20. The largest absolute Gasteiger partial charge is 0.370 e. The molecular formula is C41H47N9O5. The lowest BCUT2D eigenvalue weighted by atomic mass is 9.99. The van der Waals surface area contributed by atoms with E-state index in [1.165, 1.54) is 6.92 Å². The number of hydrogen-bond acceptors (Lipinski definition) is 6. The number of carbonyl (C=O) groups excluding carboxylic acids is 5. The minimum atomic E-state index is -1.16. The molecule has 11 N–H and O–H groups in total. The van der Waals surface area contributed by atoms with Crippen molar-refractivity contribution in [2.24, 2.45) is 22.2 Å². The Bertz CT molecular complexity index is 2160. The summed E-state index contributed by atoms with van der Waals surface area (Å²) in [4.78, 5) is 74.0. The van der Waals surface area contributed by atoms with Crippen LogP contribution in [0.25, 0.3) is 21.7 Å². The Morgan fingerprint density at radius 2 is 1.24 bits per heavy atom. The normalized spacial score (nSPS) is 13.2. The number of nitrogens with two attached hydrogens (primary N) is 3. The summed E-state index contributed by atoms with van der Waals surface area (Å²) < 4.78 is 0. The van der Waals surface area contributed by atoms with E-state index < -0.39 is 53.7 Å². The molecule has 0 radical (unpaired) electrons. The van der Waals surface area contributed by atoms with Crippen LogP contribution in [0.4, 0.5) is 0 Å². The third kappa shape index (κ3) is 11.4. The first-order valence-corrected chi connectivity index (χ1v) is 18.1. The Morgan fingerprint density at radius 3 is 1.95 bits per heavy atom. The molecule has 0 fully saturated rings. The highest BCUT2D eigenvalue weighted by Crippen LogP contribution is 2.20. The summed E-state index contributed by atoms with van der Waals surface area (Å²) in [6.07, 6.45) is 2.49. The van der Waals surface area contributed by atoms with Gasteiger partial charge in [-0.15, -0.1) is 0 Å². The van der Waals surface area contributed by atoms with Gasteiger partial charge in [0.05, 0.1) is 0 Å². The van der Waals surface area contributed by atoms with E-state index in [4.69, 9.17) is 17.2 Å². The number of amides is 5. The number of rotatable bonds is 18. The maximum absolute atomic E-state index is 14.2. The van der Waals surface area contributed by atoms with E-state index in [0.29, 0.717) is 6.42 Å². The molecule has 4 aromatic carbocycles. The van der Waals surface area contributed by atoms with Gasteiger partial charge in [-0.25, -0.2) is 0 Å². The van der Waals surface area contributed by atoms with E-state index in [2.05, 4.69) is 31.2 Å². The molecule has 1 aromatic heterocycles. The number of guanidine groups is 1. The Labute approximate surface area is 318 Å². The van der Waals surface area contributed by atoms with Crippen LogP contribution in [0.5, 0.6) is 0 Å². The fourth-order valence-electron chi connectivity index (χ4n) is 6.45. The van der Waals surface area contributed by atoms with E-state index in [9.17, 15) is 24.0 Å². The van der Waals surface area contributed by atoms with Crippen LogP contribution in [-0.2, 0) is 43.2 Å². The number of para-hydroxylation sites is 1. The third-order valence-corrected chi connectivity index (χ3v) is 9.20. The maximum atomic E-state index is 14.2. The van der Waals surface area contributed by atoms with Crippen LogP contribution in [0.1, 0.15) is 36.5 Å². The first kappa shape index (κ1) is 39.5. The minimum absolute atomic E-state index is 0.0774. The number of nitrogens with zero attached hydrogens (tertiary/aromatic N) is 1. The zero-order valence-electron chi connectivity index (χ0n) is 30.6. The second-order valence-electron chi connectivity index (χ2n) is 13.4. The average molecular weight is 746 g/mol. The molecular weight excluding hydrogens is 699 g/mol. The lowest BCUT2D eigenvalue weighted by Gasteiger charge is -2.26. The van der Waals surface area contributed by atoms with Gasteiger partial charge in [-0.3, -0.25) is 29.0 Å². The van der Waals surface area contributed by atoms with Crippen molar-refractivity contribution in [2.75, 3.05) is 6.54 Å². The monoisotopic (exact) mass is 745 g/mol. The van der Waals surface area contributed by atoms with Gasteiger partial charge in [-0.05, 0) is 46.4 Å². The van der Waals surface area contributed by atoms with Crippen molar-refractivity contribution < 1.29 is 24.0 Å². The first-order chi connectivity index (χ1) is 26.5. The summed E-state index contributed by atoms with van der Waals surface area (Å²) in [6, 6.07) is 25.8. The Hall–Kier alpha value is -6.70. The van der Waals surface area contributed by atoms with Gasteiger partial charge in [0, 0.05) is 49.8 Å². The molecule has 286 valence electrons. The highest BCUT2D eigenvalue weighted by atomic mass is 16.2. The van der Waals surface area contributed by atoms with E-state index in [1.807, 2.05) is 97.1 Å². The number of H-pyrrole nitrogens is 1. The molecule has 55 heavy (non-hydrogen) atoms. The maximum Gasteiger partial charge on any atom is 0.243 e. The predicted octanol–water partition coefficient (Wildman–Crippen LogP) is 1.85.